The van der Waals surface area contributed by atoms with Crippen molar-refractivity contribution >= 4 is 11.7 Å². The van der Waals surface area contributed by atoms with E-state index in [2.05, 4.69) is 29.5 Å². The van der Waals surface area contributed by atoms with Gasteiger partial charge in [-0.05, 0) is 54.7 Å². The van der Waals surface area contributed by atoms with Gasteiger partial charge in [-0.25, -0.2) is 0 Å². The Bertz CT molecular complexity index is 1260. The molecule has 0 bridgehead atoms. The van der Waals surface area contributed by atoms with Gasteiger partial charge in [0.2, 0.25) is 0 Å². The monoisotopic (exact) mass is 456 g/mol. The molecule has 1 unspecified atom stereocenters. The van der Waals surface area contributed by atoms with E-state index in [1.165, 1.54) is 5.56 Å². The first kappa shape index (κ1) is 23.1. The van der Waals surface area contributed by atoms with Crippen LogP contribution in [-0.2, 0) is 17.6 Å². The number of nitrogens with zero attached hydrogens (tertiary/aromatic N) is 1. The van der Waals surface area contributed by atoms with E-state index in [1.54, 1.807) is 7.11 Å². The van der Waals surface area contributed by atoms with Gasteiger partial charge in [0.1, 0.15) is 17.1 Å². The molecule has 0 saturated heterocycles. The van der Waals surface area contributed by atoms with Crippen molar-refractivity contribution in [1.82, 2.24) is 5.16 Å². The van der Waals surface area contributed by atoms with Crippen LogP contribution in [0.5, 0.6) is 5.75 Å². The number of carbonyl (C=O) groups is 1. The lowest BCUT2D eigenvalue weighted by molar-refractivity contribution is -0.136. The molecular formula is C28H28N2O4. The van der Waals surface area contributed by atoms with E-state index in [-0.39, 0.29) is 12.5 Å². The number of nitrogens with one attached hydrogen (secondary N) is 1. The highest BCUT2D eigenvalue weighted by atomic mass is 16.5. The molecule has 34 heavy (non-hydrogen) atoms. The first-order chi connectivity index (χ1) is 16.4. The molecule has 4 rings (SSSR count). The third kappa shape index (κ3) is 5.29. The fourth-order valence-electron chi connectivity index (χ4n) is 4.07. The summed E-state index contributed by atoms with van der Waals surface area (Å²) in [6, 6.07) is 23.7. The molecule has 4 aromatic rings. The normalized spacial score (nSPS) is 11.7. The van der Waals surface area contributed by atoms with Crippen LogP contribution >= 0.6 is 0 Å². The first-order valence-electron chi connectivity index (χ1n) is 11.2. The average molecular weight is 457 g/mol. The third-order valence-corrected chi connectivity index (χ3v) is 5.77. The predicted octanol–water partition coefficient (Wildman–Crippen LogP) is 6.00. The summed E-state index contributed by atoms with van der Waals surface area (Å²) in [5.41, 5.74) is 6.44. The Kier molecular flexibility index (Phi) is 6.97. The average Bonchev–Trinajstić information content (AvgIpc) is 3.19. The number of aliphatic carboxylic acids is 1. The molecule has 0 spiro atoms. The molecule has 0 saturated carbocycles. The zero-order chi connectivity index (χ0) is 24.1. The largest absolute Gasteiger partial charge is 0.497 e. The molecule has 6 nitrogen and oxygen atoms in total. The molecule has 0 aliphatic carbocycles. The van der Waals surface area contributed by atoms with Crippen LogP contribution in [0.2, 0.25) is 0 Å². The highest BCUT2D eigenvalue weighted by Crippen LogP contribution is 2.34. The highest BCUT2D eigenvalue weighted by Gasteiger charge is 2.18. The number of benzene rings is 3. The van der Waals surface area contributed by atoms with Gasteiger partial charge in [-0.15, -0.1) is 0 Å². The highest BCUT2D eigenvalue weighted by molar-refractivity contribution is 5.79. The summed E-state index contributed by atoms with van der Waals surface area (Å²) in [5.74, 6) is 0.681. The van der Waals surface area contributed by atoms with Crippen molar-refractivity contribution in [3.8, 4) is 28.2 Å². The molecule has 1 heterocycles. The molecule has 3 aromatic carbocycles. The number of carboxylic acid groups (broad SMARTS) is 1. The second-order valence-electron chi connectivity index (χ2n) is 8.37. The summed E-state index contributed by atoms with van der Waals surface area (Å²) in [7, 11) is 1.66. The van der Waals surface area contributed by atoms with Crippen molar-refractivity contribution in [3.63, 3.8) is 0 Å². The van der Waals surface area contributed by atoms with Crippen LogP contribution in [0.4, 0.5) is 5.69 Å². The minimum Gasteiger partial charge on any atom is -0.497 e. The number of methoxy groups -OCH3 is 1. The van der Waals surface area contributed by atoms with E-state index in [0.717, 1.165) is 45.8 Å². The summed E-state index contributed by atoms with van der Waals surface area (Å²) >= 11 is 0. The van der Waals surface area contributed by atoms with Gasteiger partial charge in [0.05, 0.1) is 13.5 Å². The minimum absolute atomic E-state index is 0.0145. The van der Waals surface area contributed by atoms with Crippen molar-refractivity contribution in [3.05, 3.63) is 89.6 Å². The quantitative estimate of drug-likeness (QED) is 0.322. The molecule has 6 heteroatoms. The Labute approximate surface area is 199 Å². The fourth-order valence-corrected chi connectivity index (χ4v) is 4.07. The zero-order valence-corrected chi connectivity index (χ0v) is 19.5. The number of hydrogen-bond donors (Lipinski definition) is 2. The second kappa shape index (κ2) is 10.3. The van der Waals surface area contributed by atoms with E-state index in [4.69, 9.17) is 9.26 Å². The van der Waals surface area contributed by atoms with Crippen LogP contribution in [0.25, 0.3) is 22.5 Å². The molecule has 0 aliphatic heterocycles. The van der Waals surface area contributed by atoms with Crippen LogP contribution in [0.1, 0.15) is 23.7 Å². The zero-order valence-electron chi connectivity index (χ0n) is 19.5. The van der Waals surface area contributed by atoms with Gasteiger partial charge in [-0.2, -0.15) is 0 Å². The lowest BCUT2D eigenvalue weighted by atomic mass is 9.96. The Morgan fingerprint density at radius 3 is 2.38 bits per heavy atom. The number of ether oxygens (including phenoxy) is 1. The molecule has 0 amide bonds. The topological polar surface area (TPSA) is 84.6 Å². The van der Waals surface area contributed by atoms with Crippen molar-refractivity contribution < 1.29 is 19.2 Å². The molecule has 1 atom stereocenters. The summed E-state index contributed by atoms with van der Waals surface area (Å²) in [5, 5.41) is 17.0. The maximum Gasteiger partial charge on any atom is 0.307 e. The van der Waals surface area contributed by atoms with E-state index in [9.17, 15) is 9.90 Å². The smallest absolute Gasteiger partial charge is 0.307 e. The van der Waals surface area contributed by atoms with E-state index in [0.29, 0.717) is 5.76 Å². The van der Waals surface area contributed by atoms with Gasteiger partial charge >= 0.3 is 5.97 Å². The molecule has 174 valence electrons. The SMILES string of the molecule is COc1ccc(CC(C)Nc2c(C)noc2-c2ccc(-c3ccccc3CC(=O)O)cc2)cc1. The van der Waals surface area contributed by atoms with Crippen molar-refractivity contribution in [2.24, 2.45) is 0 Å². The van der Waals surface area contributed by atoms with Gasteiger partial charge in [-0.1, -0.05) is 65.8 Å². The Hall–Kier alpha value is -4.06. The standard InChI is InChI=1S/C28H28N2O4/c1-18(16-20-8-14-24(33-3)15-9-20)29-27-19(2)30-34-28(27)22-12-10-21(11-13-22)25-7-5-4-6-23(25)17-26(31)32/h4-15,18,29H,16-17H2,1-3H3,(H,31,32). The van der Waals surface area contributed by atoms with Gasteiger partial charge in [0, 0.05) is 11.6 Å². The molecule has 1 aromatic heterocycles. The van der Waals surface area contributed by atoms with E-state index < -0.39 is 5.97 Å². The van der Waals surface area contributed by atoms with Crippen molar-refractivity contribution in [2.75, 3.05) is 12.4 Å². The van der Waals surface area contributed by atoms with Gasteiger partial charge < -0.3 is 19.7 Å². The van der Waals surface area contributed by atoms with E-state index >= 15 is 0 Å². The number of hydrogen-bond acceptors (Lipinski definition) is 5. The summed E-state index contributed by atoms with van der Waals surface area (Å²) < 4.78 is 10.9. The number of rotatable bonds is 9. The maximum atomic E-state index is 11.2. The Morgan fingerprint density at radius 1 is 1.03 bits per heavy atom. The van der Waals surface area contributed by atoms with Crippen LogP contribution in [0.15, 0.2) is 77.3 Å². The number of anilines is 1. The number of aryl methyl sites for hydroxylation is 1. The lowest BCUT2D eigenvalue weighted by Gasteiger charge is -2.16. The fraction of sp³-hybridized carbons (Fsp3) is 0.214. The molecule has 2 N–H and O–H groups in total. The third-order valence-electron chi connectivity index (χ3n) is 5.77. The van der Waals surface area contributed by atoms with Gasteiger partial charge in [-0.3, -0.25) is 4.79 Å². The van der Waals surface area contributed by atoms with Crippen LogP contribution in [-0.4, -0.2) is 29.4 Å². The second-order valence-corrected chi connectivity index (χ2v) is 8.37. The van der Waals surface area contributed by atoms with Crippen LogP contribution in [0, 0.1) is 6.92 Å². The molecule has 0 fully saturated rings. The minimum atomic E-state index is -0.847. The van der Waals surface area contributed by atoms with Crippen LogP contribution < -0.4 is 10.1 Å². The molecule has 0 radical (unpaired) electrons. The van der Waals surface area contributed by atoms with Gasteiger partial charge in [0.15, 0.2) is 5.76 Å². The Balaban J connectivity index is 1.53. The first-order valence-corrected chi connectivity index (χ1v) is 11.2. The number of aromatic nitrogens is 1. The summed E-state index contributed by atoms with van der Waals surface area (Å²) in [6.45, 7) is 4.05. The number of carboxylic acids is 1. The van der Waals surface area contributed by atoms with Crippen molar-refractivity contribution in [2.45, 2.75) is 32.7 Å². The van der Waals surface area contributed by atoms with Crippen molar-refractivity contribution in [1.29, 1.82) is 0 Å². The molecular weight excluding hydrogens is 428 g/mol. The van der Waals surface area contributed by atoms with Crippen LogP contribution in [0.3, 0.4) is 0 Å². The Morgan fingerprint density at radius 2 is 1.71 bits per heavy atom. The molecule has 0 aliphatic rings. The lowest BCUT2D eigenvalue weighted by Crippen LogP contribution is -2.18. The van der Waals surface area contributed by atoms with E-state index in [1.807, 2.05) is 67.6 Å². The van der Waals surface area contributed by atoms with Gasteiger partial charge in [0.25, 0.3) is 0 Å². The predicted molar refractivity (Wildman–Crippen MR) is 133 cm³/mol. The summed E-state index contributed by atoms with van der Waals surface area (Å²) in [6.07, 6.45) is 0.826. The summed E-state index contributed by atoms with van der Waals surface area (Å²) in [4.78, 5) is 11.2. The maximum absolute atomic E-state index is 11.2.